The van der Waals surface area contributed by atoms with Gasteiger partial charge in [0.25, 0.3) is 0 Å². The lowest BCUT2D eigenvalue weighted by Crippen LogP contribution is -2.33. The number of thioether (sulfide) groups is 1. The van der Waals surface area contributed by atoms with Crippen LogP contribution in [0.15, 0.2) is 35.2 Å². The summed E-state index contributed by atoms with van der Waals surface area (Å²) in [5.41, 5.74) is 0. The average Bonchev–Trinajstić information content (AvgIpc) is 2.35. The van der Waals surface area contributed by atoms with E-state index in [2.05, 4.69) is 17.6 Å². The zero-order valence-electron chi connectivity index (χ0n) is 10.4. The third-order valence-electron chi connectivity index (χ3n) is 2.31. The van der Waals surface area contributed by atoms with Gasteiger partial charge in [-0.05, 0) is 31.6 Å². The van der Waals surface area contributed by atoms with Gasteiger partial charge in [0.15, 0.2) is 0 Å². The monoisotopic (exact) mass is 252 g/mol. The van der Waals surface area contributed by atoms with Crippen LogP contribution in [0.4, 0.5) is 0 Å². The number of amides is 1. The van der Waals surface area contributed by atoms with E-state index < -0.39 is 0 Å². The molecule has 1 unspecified atom stereocenters. The predicted molar refractivity (Wildman–Crippen MR) is 73.3 cm³/mol. The second kappa shape index (κ2) is 8.14. The molecule has 0 aliphatic carbocycles. The minimum atomic E-state index is 0.0989. The molecule has 0 bridgehead atoms. The molecule has 0 radical (unpaired) electrons. The van der Waals surface area contributed by atoms with Gasteiger partial charge in [-0.1, -0.05) is 25.1 Å². The molecule has 4 heteroatoms. The van der Waals surface area contributed by atoms with Crippen LogP contribution in [0.1, 0.15) is 6.92 Å². The van der Waals surface area contributed by atoms with Gasteiger partial charge in [0.1, 0.15) is 0 Å². The molecule has 0 heterocycles. The minimum absolute atomic E-state index is 0.0989. The van der Waals surface area contributed by atoms with Crippen molar-refractivity contribution in [2.24, 2.45) is 5.92 Å². The van der Waals surface area contributed by atoms with E-state index in [-0.39, 0.29) is 5.91 Å². The quantitative estimate of drug-likeness (QED) is 0.726. The molecule has 94 valence electrons. The van der Waals surface area contributed by atoms with Crippen LogP contribution in [0.25, 0.3) is 0 Å². The number of hydrogen-bond donors (Lipinski definition) is 2. The van der Waals surface area contributed by atoms with Gasteiger partial charge in [-0.3, -0.25) is 4.79 Å². The van der Waals surface area contributed by atoms with E-state index in [9.17, 15) is 4.79 Å². The smallest absolute Gasteiger partial charge is 0.230 e. The van der Waals surface area contributed by atoms with Gasteiger partial charge in [-0.15, -0.1) is 11.8 Å². The molecule has 1 atom stereocenters. The Balaban J connectivity index is 2.17. The van der Waals surface area contributed by atoms with E-state index >= 15 is 0 Å². The van der Waals surface area contributed by atoms with Crippen LogP contribution in [0, 0.1) is 5.92 Å². The van der Waals surface area contributed by atoms with Gasteiger partial charge in [-0.25, -0.2) is 0 Å². The second-order valence-electron chi connectivity index (χ2n) is 4.07. The fourth-order valence-corrected chi connectivity index (χ4v) is 2.17. The number of benzene rings is 1. The molecule has 0 spiro atoms. The summed E-state index contributed by atoms with van der Waals surface area (Å²) in [7, 11) is 1.92. The number of hydrogen-bond acceptors (Lipinski definition) is 3. The van der Waals surface area contributed by atoms with Gasteiger partial charge in [0.05, 0.1) is 5.75 Å². The normalized spacial score (nSPS) is 12.1. The van der Waals surface area contributed by atoms with E-state index in [1.165, 1.54) is 0 Å². The molecule has 0 aliphatic rings. The Bertz CT molecular complexity index is 329. The molecule has 2 N–H and O–H groups in total. The number of rotatable bonds is 7. The highest BCUT2D eigenvalue weighted by Gasteiger charge is 2.05. The highest BCUT2D eigenvalue weighted by Crippen LogP contribution is 2.16. The van der Waals surface area contributed by atoms with Gasteiger partial charge in [-0.2, -0.15) is 0 Å². The number of carbonyl (C=O) groups excluding carboxylic acids is 1. The van der Waals surface area contributed by atoms with E-state index in [0.717, 1.165) is 18.0 Å². The molecule has 1 aromatic rings. The Morgan fingerprint density at radius 3 is 2.65 bits per heavy atom. The van der Waals surface area contributed by atoms with Gasteiger partial charge < -0.3 is 10.6 Å². The summed E-state index contributed by atoms with van der Waals surface area (Å²) in [4.78, 5) is 12.7. The lowest BCUT2D eigenvalue weighted by molar-refractivity contribution is -0.118. The highest BCUT2D eigenvalue weighted by molar-refractivity contribution is 8.00. The maximum absolute atomic E-state index is 11.6. The molecule has 1 aromatic carbocycles. The fraction of sp³-hybridized carbons (Fsp3) is 0.462. The lowest BCUT2D eigenvalue weighted by Gasteiger charge is -2.11. The third-order valence-corrected chi connectivity index (χ3v) is 3.33. The Morgan fingerprint density at radius 2 is 2.00 bits per heavy atom. The van der Waals surface area contributed by atoms with Gasteiger partial charge in [0.2, 0.25) is 5.91 Å². The number of carbonyl (C=O) groups is 1. The maximum atomic E-state index is 11.6. The summed E-state index contributed by atoms with van der Waals surface area (Å²) in [6.07, 6.45) is 0. The van der Waals surface area contributed by atoms with Crippen molar-refractivity contribution in [3.05, 3.63) is 30.3 Å². The summed E-state index contributed by atoms with van der Waals surface area (Å²) < 4.78 is 0. The zero-order valence-corrected chi connectivity index (χ0v) is 11.2. The predicted octanol–water partition coefficient (Wildman–Crippen LogP) is 1.75. The van der Waals surface area contributed by atoms with Crippen LogP contribution < -0.4 is 10.6 Å². The summed E-state index contributed by atoms with van der Waals surface area (Å²) >= 11 is 1.57. The Hall–Kier alpha value is -1.00. The highest BCUT2D eigenvalue weighted by atomic mass is 32.2. The molecule has 1 rings (SSSR count). The second-order valence-corrected chi connectivity index (χ2v) is 5.12. The summed E-state index contributed by atoms with van der Waals surface area (Å²) in [5, 5.41) is 6.03. The standard InChI is InChI=1S/C13H20N2OS/c1-11(8-14-2)9-15-13(16)10-17-12-6-4-3-5-7-12/h3-7,11,14H,8-10H2,1-2H3,(H,15,16). The van der Waals surface area contributed by atoms with Crippen molar-refractivity contribution in [2.75, 3.05) is 25.9 Å². The molecule has 0 saturated heterocycles. The first-order valence-corrected chi connectivity index (χ1v) is 6.80. The first-order chi connectivity index (χ1) is 8.22. The molecule has 0 saturated carbocycles. The largest absolute Gasteiger partial charge is 0.355 e. The zero-order chi connectivity index (χ0) is 12.5. The summed E-state index contributed by atoms with van der Waals surface area (Å²) in [6.45, 7) is 3.77. The number of nitrogens with one attached hydrogen (secondary N) is 2. The molecule has 0 aliphatic heterocycles. The van der Waals surface area contributed by atoms with Crippen molar-refractivity contribution in [1.82, 2.24) is 10.6 Å². The van der Waals surface area contributed by atoms with Crippen LogP contribution in [-0.2, 0) is 4.79 Å². The SMILES string of the molecule is CNCC(C)CNC(=O)CSc1ccccc1. The van der Waals surface area contributed by atoms with Crippen molar-refractivity contribution < 1.29 is 4.79 Å². The van der Waals surface area contributed by atoms with Crippen LogP contribution in [0.5, 0.6) is 0 Å². The Kier molecular flexibility index (Phi) is 6.74. The van der Waals surface area contributed by atoms with E-state index in [4.69, 9.17) is 0 Å². The summed E-state index contributed by atoms with van der Waals surface area (Å²) in [6, 6.07) is 9.97. The first-order valence-electron chi connectivity index (χ1n) is 5.81. The molecule has 0 aromatic heterocycles. The van der Waals surface area contributed by atoms with E-state index in [1.807, 2.05) is 37.4 Å². The van der Waals surface area contributed by atoms with Crippen LogP contribution in [0.3, 0.4) is 0 Å². The lowest BCUT2D eigenvalue weighted by atomic mass is 10.2. The maximum Gasteiger partial charge on any atom is 0.230 e. The van der Waals surface area contributed by atoms with Crippen molar-refractivity contribution in [2.45, 2.75) is 11.8 Å². The van der Waals surface area contributed by atoms with E-state index in [1.54, 1.807) is 11.8 Å². The summed E-state index contributed by atoms with van der Waals surface area (Å²) in [5.74, 6) is 1.04. The first kappa shape index (κ1) is 14.1. The van der Waals surface area contributed by atoms with Gasteiger partial charge in [0, 0.05) is 11.4 Å². The van der Waals surface area contributed by atoms with Gasteiger partial charge >= 0.3 is 0 Å². The third kappa shape index (κ3) is 6.34. The van der Waals surface area contributed by atoms with Crippen molar-refractivity contribution in [1.29, 1.82) is 0 Å². The topological polar surface area (TPSA) is 41.1 Å². The molecular formula is C13H20N2OS. The Labute approximate surface area is 107 Å². The van der Waals surface area contributed by atoms with Crippen molar-refractivity contribution >= 4 is 17.7 Å². The van der Waals surface area contributed by atoms with Crippen LogP contribution in [0.2, 0.25) is 0 Å². The molecule has 1 amide bonds. The van der Waals surface area contributed by atoms with E-state index in [0.29, 0.717) is 11.7 Å². The molecular weight excluding hydrogens is 232 g/mol. The van der Waals surface area contributed by atoms with Crippen LogP contribution >= 0.6 is 11.8 Å². The fourth-order valence-electron chi connectivity index (χ4n) is 1.43. The molecule has 3 nitrogen and oxygen atoms in total. The average molecular weight is 252 g/mol. The van der Waals surface area contributed by atoms with Crippen LogP contribution in [-0.4, -0.2) is 31.8 Å². The Morgan fingerprint density at radius 1 is 1.29 bits per heavy atom. The minimum Gasteiger partial charge on any atom is -0.355 e. The molecule has 0 fully saturated rings. The molecule has 17 heavy (non-hydrogen) atoms. The van der Waals surface area contributed by atoms with Crippen molar-refractivity contribution in [3.63, 3.8) is 0 Å². The van der Waals surface area contributed by atoms with Crippen molar-refractivity contribution in [3.8, 4) is 0 Å².